The summed E-state index contributed by atoms with van der Waals surface area (Å²) in [4.78, 5) is 37.9. The van der Waals surface area contributed by atoms with Gasteiger partial charge in [0.05, 0.1) is 37.2 Å². The zero-order chi connectivity index (χ0) is 23.7. The Morgan fingerprint density at radius 2 is 1.94 bits per heavy atom. The maximum Gasteiger partial charge on any atom is 0.295 e. The van der Waals surface area contributed by atoms with Gasteiger partial charge in [-0.25, -0.2) is 4.98 Å². The van der Waals surface area contributed by atoms with Crippen molar-refractivity contribution in [2.75, 3.05) is 39.4 Å². The average Bonchev–Trinajstić information content (AvgIpc) is 3.33. The number of morpholine rings is 1. The molecule has 176 valence electrons. The fourth-order valence-electron chi connectivity index (χ4n) is 4.92. The molecule has 0 radical (unpaired) electrons. The lowest BCUT2D eigenvalue weighted by Gasteiger charge is -2.28. The topological polar surface area (TPSA) is 104 Å². The third-order valence-corrected chi connectivity index (χ3v) is 6.60. The summed E-state index contributed by atoms with van der Waals surface area (Å²) in [5.41, 5.74) is 2.12. The molecule has 1 N–H and O–H groups in total. The quantitative estimate of drug-likeness (QED) is 0.303. The molecule has 5 heterocycles. The molecule has 1 atom stereocenters. The standard InChI is InChI=1S/C25H27N5O4/c1-17-21(29-11-3-2-5-19(29)27-17)23(31)20-22(18-6-8-26-9-7-18)30(25(33)24(20)32)12-4-10-28-13-15-34-16-14-28/h2-3,5-9,11,22,31H,4,10,12-16H2,1H3/b23-20+. The number of quaternary nitrogens is 1. The number of Topliss-reactive ketones (excluding diaryl/α,β-unsaturated/α-hetero) is 1. The monoisotopic (exact) mass is 461 g/mol. The zero-order valence-electron chi connectivity index (χ0n) is 19.1. The van der Waals surface area contributed by atoms with Crippen LogP contribution in [-0.2, 0) is 14.3 Å². The molecular weight excluding hydrogens is 434 g/mol. The SMILES string of the molecule is Cc1nc2ccccn2c1/C([O-])=C1\C(=O)C(=O)N(CCC[NH+]2CCOCC2)C1c1ccncc1. The van der Waals surface area contributed by atoms with Gasteiger partial charge in [0.2, 0.25) is 5.78 Å². The number of aryl methyl sites for hydroxylation is 1. The van der Waals surface area contributed by atoms with E-state index in [9.17, 15) is 14.7 Å². The van der Waals surface area contributed by atoms with Gasteiger partial charge in [-0.15, -0.1) is 0 Å². The van der Waals surface area contributed by atoms with E-state index in [4.69, 9.17) is 4.74 Å². The maximum atomic E-state index is 13.8. The number of hydrogen-bond donors (Lipinski definition) is 1. The molecule has 3 aromatic rings. The summed E-state index contributed by atoms with van der Waals surface area (Å²) >= 11 is 0. The van der Waals surface area contributed by atoms with Crippen molar-refractivity contribution in [3.8, 4) is 0 Å². The van der Waals surface area contributed by atoms with Crippen molar-refractivity contribution in [3.63, 3.8) is 0 Å². The molecule has 0 aliphatic carbocycles. The first kappa shape index (κ1) is 22.2. The number of pyridine rings is 2. The third-order valence-electron chi connectivity index (χ3n) is 6.60. The predicted molar refractivity (Wildman–Crippen MR) is 122 cm³/mol. The number of fused-ring (bicyclic) bond motifs is 1. The summed E-state index contributed by atoms with van der Waals surface area (Å²) in [6, 6.07) is 8.21. The molecule has 2 aliphatic heterocycles. The lowest BCUT2D eigenvalue weighted by atomic mass is 9.97. The highest BCUT2D eigenvalue weighted by Gasteiger charge is 2.44. The van der Waals surface area contributed by atoms with E-state index < -0.39 is 23.5 Å². The summed E-state index contributed by atoms with van der Waals surface area (Å²) < 4.78 is 7.09. The van der Waals surface area contributed by atoms with Gasteiger partial charge in [0.15, 0.2) is 0 Å². The molecule has 0 saturated carbocycles. The van der Waals surface area contributed by atoms with Gasteiger partial charge in [-0.3, -0.25) is 14.6 Å². The smallest absolute Gasteiger partial charge is 0.295 e. The molecule has 3 aromatic heterocycles. The Balaban J connectivity index is 1.53. The zero-order valence-corrected chi connectivity index (χ0v) is 19.1. The van der Waals surface area contributed by atoms with Crippen LogP contribution in [0.15, 0.2) is 54.5 Å². The molecule has 0 aromatic carbocycles. The minimum Gasteiger partial charge on any atom is -0.871 e. The lowest BCUT2D eigenvalue weighted by Crippen LogP contribution is -3.14. The van der Waals surface area contributed by atoms with Crippen molar-refractivity contribution in [1.29, 1.82) is 0 Å². The summed E-state index contributed by atoms with van der Waals surface area (Å²) in [6.07, 6.45) is 5.70. The second-order valence-electron chi connectivity index (χ2n) is 8.69. The number of hydrogen-bond acceptors (Lipinski definition) is 6. The van der Waals surface area contributed by atoms with E-state index in [0.29, 0.717) is 29.1 Å². The predicted octanol–water partition coefficient (Wildman–Crippen LogP) is -0.433. The van der Waals surface area contributed by atoms with E-state index >= 15 is 0 Å². The summed E-state index contributed by atoms with van der Waals surface area (Å²) in [5, 5.41) is 13.8. The van der Waals surface area contributed by atoms with Crippen LogP contribution in [0.1, 0.15) is 29.4 Å². The number of likely N-dealkylation sites (tertiary alicyclic amines) is 1. The summed E-state index contributed by atoms with van der Waals surface area (Å²) in [6.45, 7) is 6.35. The number of carbonyl (C=O) groups is 2. The molecule has 2 aliphatic rings. The summed E-state index contributed by atoms with van der Waals surface area (Å²) in [5.74, 6) is -1.83. The van der Waals surface area contributed by atoms with Gasteiger partial charge in [-0.2, -0.15) is 0 Å². The van der Waals surface area contributed by atoms with Crippen LogP contribution in [0.4, 0.5) is 0 Å². The van der Waals surface area contributed by atoms with Crippen molar-refractivity contribution in [1.82, 2.24) is 19.3 Å². The van der Waals surface area contributed by atoms with Crippen molar-refractivity contribution in [2.24, 2.45) is 0 Å². The first-order chi connectivity index (χ1) is 16.6. The average molecular weight is 462 g/mol. The lowest BCUT2D eigenvalue weighted by molar-refractivity contribution is -0.908. The first-order valence-electron chi connectivity index (χ1n) is 11.6. The number of nitrogens with zero attached hydrogens (tertiary/aromatic N) is 4. The largest absolute Gasteiger partial charge is 0.871 e. The molecule has 1 amide bonds. The first-order valence-corrected chi connectivity index (χ1v) is 11.6. The minimum atomic E-state index is -0.746. The molecule has 1 unspecified atom stereocenters. The van der Waals surface area contributed by atoms with E-state index in [2.05, 4.69) is 9.97 Å². The second kappa shape index (κ2) is 9.36. The van der Waals surface area contributed by atoms with Crippen LogP contribution in [0, 0.1) is 6.92 Å². The van der Waals surface area contributed by atoms with Crippen LogP contribution in [0.25, 0.3) is 11.4 Å². The van der Waals surface area contributed by atoms with Gasteiger partial charge in [-0.05, 0) is 36.8 Å². The highest BCUT2D eigenvalue weighted by molar-refractivity contribution is 6.46. The molecule has 0 spiro atoms. The Kier molecular flexibility index (Phi) is 6.12. The van der Waals surface area contributed by atoms with Gasteiger partial charge in [0, 0.05) is 37.1 Å². The minimum absolute atomic E-state index is 0.0244. The summed E-state index contributed by atoms with van der Waals surface area (Å²) in [7, 11) is 0. The fourth-order valence-corrected chi connectivity index (χ4v) is 4.92. The third kappa shape index (κ3) is 3.97. The molecule has 0 bridgehead atoms. The molecule has 9 nitrogen and oxygen atoms in total. The van der Waals surface area contributed by atoms with Crippen molar-refractivity contribution in [3.05, 3.63) is 71.4 Å². The molecule has 34 heavy (non-hydrogen) atoms. The number of nitrogens with one attached hydrogen (secondary N) is 1. The van der Waals surface area contributed by atoms with Gasteiger partial charge >= 0.3 is 0 Å². The molecule has 2 saturated heterocycles. The van der Waals surface area contributed by atoms with Crippen molar-refractivity contribution >= 4 is 23.1 Å². The fraction of sp³-hybridized carbons (Fsp3) is 0.360. The Bertz CT molecular complexity index is 1250. The van der Waals surface area contributed by atoms with E-state index in [1.807, 2.05) is 6.07 Å². The Hall–Kier alpha value is -3.56. The molecule has 2 fully saturated rings. The Morgan fingerprint density at radius 3 is 2.71 bits per heavy atom. The normalized spacial score (nSPS) is 21.0. The molecular formula is C25H27N5O4. The van der Waals surface area contributed by atoms with E-state index in [1.165, 1.54) is 4.90 Å². The van der Waals surface area contributed by atoms with E-state index in [0.717, 1.165) is 39.3 Å². The van der Waals surface area contributed by atoms with Crippen molar-refractivity contribution < 1.29 is 24.3 Å². The highest BCUT2D eigenvalue weighted by atomic mass is 16.5. The number of carbonyl (C=O) groups excluding carboxylic acids is 2. The van der Waals surface area contributed by atoms with Gasteiger partial charge in [-0.1, -0.05) is 11.8 Å². The van der Waals surface area contributed by atoms with Crippen LogP contribution in [0.2, 0.25) is 0 Å². The van der Waals surface area contributed by atoms with Crippen LogP contribution < -0.4 is 10.0 Å². The number of ketones is 1. The van der Waals surface area contributed by atoms with Crippen LogP contribution >= 0.6 is 0 Å². The van der Waals surface area contributed by atoms with E-state index in [1.54, 1.807) is 59.1 Å². The Morgan fingerprint density at radius 1 is 1.18 bits per heavy atom. The molecule has 5 rings (SSSR count). The number of ether oxygens (including phenoxy) is 1. The molecule has 9 heteroatoms. The maximum absolute atomic E-state index is 13.8. The van der Waals surface area contributed by atoms with Crippen LogP contribution in [-0.4, -0.2) is 70.4 Å². The highest BCUT2D eigenvalue weighted by Crippen LogP contribution is 2.39. The number of amides is 1. The van der Waals surface area contributed by atoms with Gasteiger partial charge < -0.3 is 24.0 Å². The van der Waals surface area contributed by atoms with E-state index in [-0.39, 0.29) is 5.57 Å². The van der Waals surface area contributed by atoms with Crippen molar-refractivity contribution in [2.45, 2.75) is 19.4 Å². The number of rotatable bonds is 6. The van der Waals surface area contributed by atoms with Crippen LogP contribution in [0.5, 0.6) is 0 Å². The second-order valence-corrected chi connectivity index (χ2v) is 8.69. The van der Waals surface area contributed by atoms with Crippen LogP contribution in [0.3, 0.4) is 0 Å². The van der Waals surface area contributed by atoms with Gasteiger partial charge in [0.25, 0.3) is 5.91 Å². The van der Waals surface area contributed by atoms with Gasteiger partial charge in [0.1, 0.15) is 18.7 Å². The number of imidazole rings is 1. The Labute approximate surface area is 197 Å². The number of aromatic nitrogens is 3.